The van der Waals surface area contributed by atoms with Crippen LogP contribution in [0.15, 0.2) is 0 Å². The van der Waals surface area contributed by atoms with Crippen molar-refractivity contribution in [3.63, 3.8) is 0 Å². The van der Waals surface area contributed by atoms with E-state index in [0.29, 0.717) is 0 Å². The topological polar surface area (TPSA) is 40.5 Å². The van der Waals surface area contributed by atoms with Gasteiger partial charge in [-0.15, -0.1) is 0 Å². The van der Waals surface area contributed by atoms with Crippen molar-refractivity contribution in [1.82, 2.24) is 4.90 Å². The molecule has 1 atom stereocenters. The first-order valence-electron chi connectivity index (χ1n) is 4.96. The molecule has 0 aromatic heterocycles. The largest absolute Gasteiger partial charge is 0.394 e. The van der Waals surface area contributed by atoms with Crippen LogP contribution in [-0.2, 0) is 4.79 Å². The molecule has 0 rings (SSSR count). The van der Waals surface area contributed by atoms with Crippen LogP contribution in [0.3, 0.4) is 0 Å². The van der Waals surface area contributed by atoms with Crippen LogP contribution in [-0.4, -0.2) is 41.5 Å². The highest BCUT2D eigenvalue weighted by molar-refractivity contribution is 5.63. The molecular weight excluding hydrogens is 166 g/mol. The second-order valence-corrected chi connectivity index (χ2v) is 3.62. The molecule has 78 valence electrons. The Morgan fingerprint density at radius 2 is 1.77 bits per heavy atom. The summed E-state index contributed by atoms with van der Waals surface area (Å²) < 4.78 is 0. The Labute approximate surface area is 80.7 Å². The lowest BCUT2D eigenvalue weighted by atomic mass is 10.0. The average molecular weight is 187 g/mol. The smallest absolute Gasteiger partial charge is 0.142 e. The van der Waals surface area contributed by atoms with Gasteiger partial charge in [-0.25, -0.2) is 0 Å². The fraction of sp³-hybridized carbons (Fsp3) is 0.900. The molecule has 1 N–H and O–H groups in total. The van der Waals surface area contributed by atoms with Gasteiger partial charge in [-0.3, -0.25) is 4.90 Å². The van der Waals surface area contributed by atoms with E-state index in [-0.39, 0.29) is 6.61 Å². The minimum Gasteiger partial charge on any atom is -0.394 e. The van der Waals surface area contributed by atoms with Crippen molar-refractivity contribution in [2.24, 2.45) is 0 Å². The second kappa shape index (κ2) is 6.11. The molecule has 3 heteroatoms. The summed E-state index contributed by atoms with van der Waals surface area (Å²) in [6.45, 7) is 7.56. The van der Waals surface area contributed by atoms with Gasteiger partial charge in [0.15, 0.2) is 0 Å². The Hall–Kier alpha value is -0.410. The maximum Gasteiger partial charge on any atom is 0.142 e. The number of hydrogen-bond acceptors (Lipinski definition) is 3. The van der Waals surface area contributed by atoms with Crippen LogP contribution < -0.4 is 0 Å². The quantitative estimate of drug-likeness (QED) is 0.606. The van der Waals surface area contributed by atoms with Gasteiger partial charge in [-0.05, 0) is 32.9 Å². The summed E-state index contributed by atoms with van der Waals surface area (Å²) in [6.07, 6.45) is 2.85. The van der Waals surface area contributed by atoms with Gasteiger partial charge in [0.05, 0.1) is 12.1 Å². The van der Waals surface area contributed by atoms with Crippen LogP contribution in [0.25, 0.3) is 0 Å². The predicted octanol–water partition coefficient (Wildman–Crippen LogP) is 1.06. The fourth-order valence-corrected chi connectivity index (χ4v) is 1.37. The zero-order chi connectivity index (χ0) is 10.3. The monoisotopic (exact) mass is 187 g/mol. The van der Waals surface area contributed by atoms with E-state index in [9.17, 15) is 4.79 Å². The van der Waals surface area contributed by atoms with Crippen LogP contribution in [0.1, 0.15) is 33.6 Å². The molecule has 0 radical (unpaired) electrons. The molecule has 0 aliphatic heterocycles. The van der Waals surface area contributed by atoms with Gasteiger partial charge in [-0.2, -0.15) is 0 Å². The minimum atomic E-state index is -0.688. The minimum absolute atomic E-state index is 0.101. The highest BCUT2D eigenvalue weighted by Gasteiger charge is 2.29. The van der Waals surface area contributed by atoms with E-state index in [2.05, 4.69) is 13.8 Å². The zero-order valence-corrected chi connectivity index (χ0v) is 8.92. The van der Waals surface area contributed by atoms with Crippen molar-refractivity contribution in [1.29, 1.82) is 0 Å². The fourth-order valence-electron chi connectivity index (χ4n) is 1.37. The summed E-state index contributed by atoms with van der Waals surface area (Å²) in [4.78, 5) is 12.9. The van der Waals surface area contributed by atoms with Crippen LogP contribution >= 0.6 is 0 Å². The van der Waals surface area contributed by atoms with Gasteiger partial charge in [0.2, 0.25) is 0 Å². The molecule has 0 spiro atoms. The van der Waals surface area contributed by atoms with Crippen LogP contribution in [0.5, 0.6) is 0 Å². The number of rotatable bonds is 7. The van der Waals surface area contributed by atoms with Gasteiger partial charge in [0.25, 0.3) is 0 Å². The van der Waals surface area contributed by atoms with Crippen molar-refractivity contribution in [3.8, 4) is 0 Å². The van der Waals surface area contributed by atoms with E-state index >= 15 is 0 Å². The third-order valence-electron chi connectivity index (χ3n) is 2.28. The molecule has 0 heterocycles. The molecule has 0 aliphatic carbocycles. The Morgan fingerprint density at radius 1 is 1.31 bits per heavy atom. The van der Waals surface area contributed by atoms with Gasteiger partial charge in [-0.1, -0.05) is 13.8 Å². The predicted molar refractivity (Wildman–Crippen MR) is 53.7 cm³/mol. The highest BCUT2D eigenvalue weighted by Crippen LogP contribution is 2.12. The molecule has 0 aromatic carbocycles. The summed E-state index contributed by atoms with van der Waals surface area (Å²) in [5.74, 6) is 0. The number of carbonyl (C=O) groups excluding carboxylic acids is 1. The lowest BCUT2D eigenvalue weighted by Crippen LogP contribution is -2.51. The van der Waals surface area contributed by atoms with Crippen molar-refractivity contribution in [2.75, 3.05) is 19.7 Å². The first-order valence-corrected chi connectivity index (χ1v) is 4.96. The Balaban J connectivity index is 4.37. The molecule has 0 amide bonds. The molecule has 1 unspecified atom stereocenters. The molecule has 0 fully saturated rings. The standard InChI is InChI=1S/C10H21NO2/c1-4-6-11(7-5-2)10(3,8-12)9-13/h8,13H,4-7,9H2,1-3H3. The lowest BCUT2D eigenvalue weighted by molar-refractivity contribution is -0.120. The van der Waals surface area contributed by atoms with Crippen LogP contribution in [0, 0.1) is 0 Å². The van der Waals surface area contributed by atoms with E-state index in [0.717, 1.165) is 32.2 Å². The Bertz CT molecular complexity index is 144. The number of aldehydes is 1. The number of aliphatic hydroxyl groups excluding tert-OH is 1. The third-order valence-corrected chi connectivity index (χ3v) is 2.28. The summed E-state index contributed by atoms with van der Waals surface area (Å²) >= 11 is 0. The van der Waals surface area contributed by atoms with E-state index in [1.54, 1.807) is 6.92 Å². The van der Waals surface area contributed by atoms with Crippen molar-refractivity contribution in [2.45, 2.75) is 39.2 Å². The summed E-state index contributed by atoms with van der Waals surface area (Å²) in [7, 11) is 0. The summed E-state index contributed by atoms with van der Waals surface area (Å²) in [6, 6.07) is 0. The van der Waals surface area contributed by atoms with Crippen molar-refractivity contribution in [3.05, 3.63) is 0 Å². The first kappa shape index (κ1) is 12.6. The highest BCUT2D eigenvalue weighted by atomic mass is 16.3. The summed E-state index contributed by atoms with van der Waals surface area (Å²) in [5, 5.41) is 9.14. The van der Waals surface area contributed by atoms with E-state index < -0.39 is 5.54 Å². The number of carbonyl (C=O) groups is 1. The maximum atomic E-state index is 10.8. The summed E-state index contributed by atoms with van der Waals surface area (Å²) in [5.41, 5.74) is -0.688. The number of hydrogen-bond donors (Lipinski definition) is 1. The average Bonchev–Trinajstić information content (AvgIpc) is 2.16. The van der Waals surface area contributed by atoms with E-state index in [4.69, 9.17) is 5.11 Å². The van der Waals surface area contributed by atoms with E-state index in [1.807, 2.05) is 4.90 Å². The number of nitrogens with zero attached hydrogens (tertiary/aromatic N) is 1. The molecule has 0 aromatic rings. The molecule has 0 saturated heterocycles. The normalized spacial score (nSPS) is 15.8. The molecule has 3 nitrogen and oxygen atoms in total. The van der Waals surface area contributed by atoms with Crippen molar-refractivity contribution >= 4 is 6.29 Å². The SMILES string of the molecule is CCCN(CCC)C(C)(C=O)CO. The Kier molecular flexibility index (Phi) is 5.91. The third kappa shape index (κ3) is 3.44. The van der Waals surface area contributed by atoms with E-state index in [1.165, 1.54) is 0 Å². The second-order valence-electron chi connectivity index (χ2n) is 3.62. The Morgan fingerprint density at radius 3 is 2.00 bits per heavy atom. The van der Waals surface area contributed by atoms with Gasteiger partial charge >= 0.3 is 0 Å². The molecule has 0 saturated carbocycles. The molecule has 0 aliphatic rings. The lowest BCUT2D eigenvalue weighted by Gasteiger charge is -2.35. The molecule has 0 bridgehead atoms. The van der Waals surface area contributed by atoms with Gasteiger partial charge in [0, 0.05) is 0 Å². The zero-order valence-electron chi connectivity index (χ0n) is 8.92. The van der Waals surface area contributed by atoms with Crippen LogP contribution in [0.4, 0.5) is 0 Å². The maximum absolute atomic E-state index is 10.8. The first-order chi connectivity index (χ1) is 6.14. The number of aliphatic hydroxyl groups is 1. The van der Waals surface area contributed by atoms with Crippen molar-refractivity contribution < 1.29 is 9.90 Å². The molecular formula is C10H21NO2. The van der Waals surface area contributed by atoms with Gasteiger partial charge in [0.1, 0.15) is 6.29 Å². The van der Waals surface area contributed by atoms with Crippen LogP contribution in [0.2, 0.25) is 0 Å². The molecule has 13 heavy (non-hydrogen) atoms. The van der Waals surface area contributed by atoms with Gasteiger partial charge < -0.3 is 9.90 Å².